The third-order valence-corrected chi connectivity index (χ3v) is 2.78. The van der Waals surface area contributed by atoms with Crippen LogP contribution in [0.25, 0.3) is 10.4 Å². The summed E-state index contributed by atoms with van der Waals surface area (Å²) in [4.78, 5) is 4.78. The third-order valence-electron chi connectivity index (χ3n) is 2.78. The van der Waals surface area contributed by atoms with Crippen LogP contribution in [0.1, 0.15) is 6.04 Å². The minimum Gasteiger partial charge on any atom is -0.390 e. The Morgan fingerprint density at radius 1 is 1.56 bits per heavy atom. The van der Waals surface area contributed by atoms with E-state index in [1.54, 1.807) is 10.9 Å². The van der Waals surface area contributed by atoms with Crippen molar-refractivity contribution in [3.8, 4) is 0 Å². The standard InChI is InChI=1S/C9H14N6O/c10-13-11-3-5-14-6-8(9(16)7-14)15-4-1-2-12-15/h1-2,4,8-9,16H,3,5-7H2. The van der Waals surface area contributed by atoms with Crippen molar-refractivity contribution in [3.63, 3.8) is 0 Å². The first-order valence-corrected chi connectivity index (χ1v) is 5.21. The molecule has 2 unspecified atom stereocenters. The Morgan fingerprint density at radius 3 is 3.12 bits per heavy atom. The minimum atomic E-state index is -0.411. The molecule has 1 aliphatic heterocycles. The second-order valence-corrected chi connectivity index (χ2v) is 3.83. The first-order chi connectivity index (χ1) is 7.81. The van der Waals surface area contributed by atoms with Crippen LogP contribution >= 0.6 is 0 Å². The van der Waals surface area contributed by atoms with Gasteiger partial charge in [-0.25, -0.2) is 0 Å². The molecule has 1 aromatic rings. The lowest BCUT2D eigenvalue weighted by atomic mass is 10.2. The Bertz CT molecular complexity index is 371. The number of hydrogen-bond acceptors (Lipinski definition) is 4. The lowest BCUT2D eigenvalue weighted by molar-refractivity contribution is 0.139. The van der Waals surface area contributed by atoms with E-state index in [-0.39, 0.29) is 6.04 Å². The van der Waals surface area contributed by atoms with Gasteiger partial charge in [-0.3, -0.25) is 9.58 Å². The zero-order valence-electron chi connectivity index (χ0n) is 8.85. The van der Waals surface area contributed by atoms with Gasteiger partial charge in [-0.15, -0.1) is 0 Å². The topological polar surface area (TPSA) is 90.0 Å². The fraction of sp³-hybridized carbons (Fsp3) is 0.667. The SMILES string of the molecule is [N-]=[N+]=NCCN1CC(O)C(n2cccn2)C1. The molecule has 2 rings (SSSR count). The quantitative estimate of drug-likeness (QED) is 0.454. The van der Waals surface area contributed by atoms with Crippen LogP contribution in [0.4, 0.5) is 0 Å². The minimum absolute atomic E-state index is 0.000986. The summed E-state index contributed by atoms with van der Waals surface area (Å²) in [6.45, 7) is 2.46. The number of rotatable bonds is 4. The van der Waals surface area contributed by atoms with Gasteiger partial charge in [-0.2, -0.15) is 5.10 Å². The Hall–Kier alpha value is -1.56. The number of nitrogens with zero attached hydrogens (tertiary/aromatic N) is 6. The summed E-state index contributed by atoms with van der Waals surface area (Å²) in [6.07, 6.45) is 3.14. The Labute approximate surface area is 92.9 Å². The van der Waals surface area contributed by atoms with E-state index in [0.29, 0.717) is 19.6 Å². The van der Waals surface area contributed by atoms with Gasteiger partial charge in [0.1, 0.15) is 0 Å². The van der Waals surface area contributed by atoms with E-state index in [1.807, 2.05) is 12.3 Å². The predicted molar refractivity (Wildman–Crippen MR) is 57.7 cm³/mol. The first-order valence-electron chi connectivity index (χ1n) is 5.21. The van der Waals surface area contributed by atoms with E-state index in [0.717, 1.165) is 6.54 Å². The van der Waals surface area contributed by atoms with Crippen molar-refractivity contribution in [1.82, 2.24) is 14.7 Å². The summed E-state index contributed by atoms with van der Waals surface area (Å²) >= 11 is 0. The van der Waals surface area contributed by atoms with Crippen LogP contribution in [-0.2, 0) is 0 Å². The third kappa shape index (κ3) is 2.33. The average Bonchev–Trinajstić information content (AvgIpc) is 2.87. The highest BCUT2D eigenvalue weighted by molar-refractivity contribution is 4.91. The largest absolute Gasteiger partial charge is 0.390 e. The van der Waals surface area contributed by atoms with Gasteiger partial charge in [0.2, 0.25) is 0 Å². The van der Waals surface area contributed by atoms with Crippen molar-refractivity contribution in [2.24, 2.45) is 5.11 Å². The molecule has 1 aliphatic rings. The number of likely N-dealkylation sites (tertiary alicyclic amines) is 1. The smallest absolute Gasteiger partial charge is 0.0917 e. The van der Waals surface area contributed by atoms with Crippen LogP contribution in [-0.4, -0.2) is 52.1 Å². The van der Waals surface area contributed by atoms with Gasteiger partial charge in [0.05, 0.1) is 12.1 Å². The number of aliphatic hydroxyl groups is 1. The van der Waals surface area contributed by atoms with Gasteiger partial charge in [-0.05, 0) is 11.6 Å². The molecule has 0 aliphatic carbocycles. The fourth-order valence-electron chi connectivity index (χ4n) is 2.00. The van der Waals surface area contributed by atoms with Crippen LogP contribution in [0.5, 0.6) is 0 Å². The van der Waals surface area contributed by atoms with Gasteiger partial charge in [0.15, 0.2) is 0 Å². The van der Waals surface area contributed by atoms with Crippen LogP contribution in [0.15, 0.2) is 23.6 Å². The molecule has 0 aromatic carbocycles. The van der Waals surface area contributed by atoms with E-state index in [9.17, 15) is 5.11 Å². The fourth-order valence-corrected chi connectivity index (χ4v) is 2.00. The highest BCUT2D eigenvalue weighted by atomic mass is 16.3. The number of azide groups is 1. The summed E-state index contributed by atoms with van der Waals surface area (Å²) in [5.74, 6) is 0. The first kappa shape index (κ1) is 10.9. The monoisotopic (exact) mass is 222 g/mol. The maximum absolute atomic E-state index is 9.88. The van der Waals surface area contributed by atoms with Crippen molar-refractivity contribution in [2.45, 2.75) is 12.1 Å². The second kappa shape index (κ2) is 4.98. The van der Waals surface area contributed by atoms with Gasteiger partial charge in [0.25, 0.3) is 0 Å². The molecule has 0 radical (unpaired) electrons. The molecule has 1 fully saturated rings. The zero-order chi connectivity index (χ0) is 11.4. The van der Waals surface area contributed by atoms with Crippen molar-refractivity contribution >= 4 is 0 Å². The van der Waals surface area contributed by atoms with Crippen LogP contribution in [0.2, 0.25) is 0 Å². The molecule has 7 heteroatoms. The lowest BCUT2D eigenvalue weighted by Crippen LogP contribution is -2.24. The molecule has 1 N–H and O–H groups in total. The molecule has 0 saturated carbocycles. The summed E-state index contributed by atoms with van der Waals surface area (Å²) in [5, 5.41) is 17.5. The second-order valence-electron chi connectivity index (χ2n) is 3.83. The summed E-state index contributed by atoms with van der Waals surface area (Å²) in [5.41, 5.74) is 8.17. The lowest BCUT2D eigenvalue weighted by Gasteiger charge is -2.14. The molecular weight excluding hydrogens is 208 g/mol. The molecular formula is C9H14N6O. The van der Waals surface area contributed by atoms with E-state index < -0.39 is 6.10 Å². The van der Waals surface area contributed by atoms with Gasteiger partial charge < -0.3 is 5.11 Å². The van der Waals surface area contributed by atoms with E-state index in [2.05, 4.69) is 20.0 Å². The molecule has 0 spiro atoms. The molecule has 1 saturated heterocycles. The van der Waals surface area contributed by atoms with E-state index >= 15 is 0 Å². The molecule has 0 amide bonds. The van der Waals surface area contributed by atoms with Crippen LogP contribution in [0, 0.1) is 0 Å². The maximum atomic E-state index is 9.88. The van der Waals surface area contributed by atoms with Crippen LogP contribution in [0.3, 0.4) is 0 Å². The molecule has 1 aromatic heterocycles. The maximum Gasteiger partial charge on any atom is 0.0917 e. The Morgan fingerprint density at radius 2 is 2.44 bits per heavy atom. The average molecular weight is 222 g/mol. The molecule has 86 valence electrons. The molecule has 7 nitrogen and oxygen atoms in total. The zero-order valence-corrected chi connectivity index (χ0v) is 8.85. The normalized spacial score (nSPS) is 25.6. The highest BCUT2D eigenvalue weighted by Crippen LogP contribution is 2.20. The molecule has 0 bridgehead atoms. The van der Waals surface area contributed by atoms with Gasteiger partial charge in [0, 0.05) is 43.5 Å². The Kier molecular flexibility index (Phi) is 3.40. The van der Waals surface area contributed by atoms with Crippen molar-refractivity contribution in [1.29, 1.82) is 0 Å². The summed E-state index contributed by atoms with van der Waals surface area (Å²) in [6, 6.07) is 1.84. The van der Waals surface area contributed by atoms with Crippen LogP contribution < -0.4 is 0 Å². The van der Waals surface area contributed by atoms with Crippen molar-refractivity contribution < 1.29 is 5.11 Å². The highest BCUT2D eigenvalue weighted by Gasteiger charge is 2.32. The number of aliphatic hydroxyl groups excluding tert-OH is 1. The van der Waals surface area contributed by atoms with Gasteiger partial charge in [-0.1, -0.05) is 5.11 Å². The summed E-state index contributed by atoms with van der Waals surface area (Å²) < 4.78 is 1.78. The molecule has 2 heterocycles. The van der Waals surface area contributed by atoms with Gasteiger partial charge >= 0.3 is 0 Å². The predicted octanol–water partition coefficient (Wildman–Crippen LogP) is 0.411. The molecule has 2 atom stereocenters. The van der Waals surface area contributed by atoms with Crippen molar-refractivity contribution in [3.05, 3.63) is 28.9 Å². The van der Waals surface area contributed by atoms with Crippen molar-refractivity contribution in [2.75, 3.05) is 26.2 Å². The number of hydrogen-bond donors (Lipinski definition) is 1. The summed E-state index contributed by atoms with van der Waals surface area (Å²) in [7, 11) is 0. The van der Waals surface area contributed by atoms with E-state index in [1.165, 1.54) is 0 Å². The molecule has 16 heavy (non-hydrogen) atoms. The van der Waals surface area contributed by atoms with E-state index in [4.69, 9.17) is 5.53 Å². The Balaban J connectivity index is 1.91. The number of β-amino-alcohol motifs (C(OH)–C–C–N with tert-alkyl or cyclic N) is 1. The number of aromatic nitrogens is 2.